The zero-order valence-corrected chi connectivity index (χ0v) is 10.4. The van der Waals surface area contributed by atoms with Gasteiger partial charge in [0.1, 0.15) is 5.76 Å². The molecule has 0 radical (unpaired) electrons. The molecule has 0 atom stereocenters. The second kappa shape index (κ2) is 4.52. The summed E-state index contributed by atoms with van der Waals surface area (Å²) in [7, 11) is 0. The first-order valence-corrected chi connectivity index (χ1v) is 6.00. The van der Waals surface area contributed by atoms with Crippen molar-refractivity contribution in [3.05, 3.63) is 58.9 Å². The van der Waals surface area contributed by atoms with E-state index in [1.807, 2.05) is 0 Å². The van der Waals surface area contributed by atoms with Crippen LogP contribution in [0.25, 0.3) is 22.3 Å². The molecule has 2 nitrogen and oxygen atoms in total. The third-order valence-corrected chi connectivity index (χ3v) is 3.24. The number of carbonyl (C=O) groups is 1. The van der Waals surface area contributed by atoms with Crippen LogP contribution in [0.1, 0.15) is 10.4 Å². The van der Waals surface area contributed by atoms with Crippen molar-refractivity contribution < 1.29 is 13.6 Å². The second-order valence-electron chi connectivity index (χ2n) is 4.12. The molecule has 0 N–H and O–H groups in total. The van der Waals surface area contributed by atoms with Gasteiger partial charge in [0, 0.05) is 16.5 Å². The van der Waals surface area contributed by atoms with Crippen molar-refractivity contribution in [3.63, 3.8) is 0 Å². The van der Waals surface area contributed by atoms with Crippen LogP contribution in [0.15, 0.2) is 46.9 Å². The largest absolute Gasteiger partial charge is 0.453 e. The molecule has 0 bridgehead atoms. The summed E-state index contributed by atoms with van der Waals surface area (Å²) >= 11 is 5.96. The topological polar surface area (TPSA) is 30.2 Å². The lowest BCUT2D eigenvalue weighted by Gasteiger charge is -1.99. The van der Waals surface area contributed by atoms with Crippen LogP contribution < -0.4 is 0 Å². The third-order valence-electron chi connectivity index (χ3n) is 2.91. The smallest absolute Gasteiger partial charge is 0.170 e. The molecule has 0 fully saturated rings. The van der Waals surface area contributed by atoms with Gasteiger partial charge in [-0.15, -0.1) is 0 Å². The van der Waals surface area contributed by atoms with Crippen LogP contribution in [0.2, 0.25) is 5.02 Å². The highest BCUT2D eigenvalue weighted by atomic mass is 35.5. The Morgan fingerprint density at radius 1 is 1.16 bits per heavy atom. The first-order valence-electron chi connectivity index (χ1n) is 5.62. The monoisotopic (exact) mass is 274 g/mol. The Kier molecular flexibility index (Phi) is 2.84. The molecule has 0 aliphatic carbocycles. The molecule has 0 spiro atoms. The average Bonchev–Trinajstić information content (AvgIpc) is 2.84. The Labute approximate surface area is 113 Å². The van der Waals surface area contributed by atoms with E-state index >= 15 is 0 Å². The Balaban J connectivity index is 2.16. The Hall–Kier alpha value is -2.13. The third kappa shape index (κ3) is 2.02. The summed E-state index contributed by atoms with van der Waals surface area (Å²) in [6.45, 7) is 0. The zero-order valence-electron chi connectivity index (χ0n) is 9.69. The predicted molar refractivity (Wildman–Crippen MR) is 72.0 cm³/mol. The highest BCUT2D eigenvalue weighted by Gasteiger charge is 2.10. The van der Waals surface area contributed by atoms with Gasteiger partial charge in [0.05, 0.1) is 5.02 Å². The van der Waals surface area contributed by atoms with E-state index in [2.05, 4.69) is 0 Å². The molecule has 2 aromatic carbocycles. The lowest BCUT2D eigenvalue weighted by Crippen LogP contribution is -1.82. The molecule has 0 aliphatic rings. The Bertz CT molecular complexity index is 777. The minimum Gasteiger partial charge on any atom is -0.453 e. The fraction of sp³-hybridized carbons (Fsp3) is 0. The number of hydrogen-bond acceptors (Lipinski definition) is 2. The maximum Gasteiger partial charge on any atom is 0.170 e. The van der Waals surface area contributed by atoms with Gasteiger partial charge >= 0.3 is 0 Å². The summed E-state index contributed by atoms with van der Waals surface area (Å²) in [6.07, 6.45) is 0.685. The molecule has 94 valence electrons. The van der Waals surface area contributed by atoms with Crippen molar-refractivity contribution >= 4 is 28.9 Å². The molecule has 0 saturated heterocycles. The lowest BCUT2D eigenvalue weighted by atomic mass is 10.1. The number of fused-ring (bicyclic) bond motifs is 1. The van der Waals surface area contributed by atoms with Crippen molar-refractivity contribution in [2.45, 2.75) is 0 Å². The van der Waals surface area contributed by atoms with Crippen molar-refractivity contribution in [1.29, 1.82) is 0 Å². The van der Waals surface area contributed by atoms with E-state index in [0.717, 1.165) is 0 Å². The molecule has 3 rings (SSSR count). The van der Waals surface area contributed by atoms with E-state index in [1.54, 1.807) is 36.4 Å². The van der Waals surface area contributed by atoms with E-state index in [9.17, 15) is 9.18 Å². The minimum atomic E-state index is -0.403. The number of furan rings is 1. The molecule has 4 heteroatoms. The van der Waals surface area contributed by atoms with Gasteiger partial charge in [0.15, 0.2) is 17.7 Å². The first-order chi connectivity index (χ1) is 9.19. The van der Waals surface area contributed by atoms with Crippen LogP contribution >= 0.6 is 11.6 Å². The highest BCUT2D eigenvalue weighted by molar-refractivity contribution is 6.33. The van der Waals surface area contributed by atoms with E-state index in [0.29, 0.717) is 33.6 Å². The molecule has 1 heterocycles. The summed E-state index contributed by atoms with van der Waals surface area (Å²) < 4.78 is 19.0. The maximum absolute atomic E-state index is 13.5. The maximum atomic E-state index is 13.5. The van der Waals surface area contributed by atoms with Gasteiger partial charge in [0.25, 0.3) is 0 Å². The van der Waals surface area contributed by atoms with Gasteiger partial charge in [-0.05, 0) is 24.3 Å². The van der Waals surface area contributed by atoms with Gasteiger partial charge in [-0.2, -0.15) is 0 Å². The van der Waals surface area contributed by atoms with Gasteiger partial charge in [-0.25, -0.2) is 4.39 Å². The molecule has 1 aromatic heterocycles. The molecule has 0 saturated carbocycles. The lowest BCUT2D eigenvalue weighted by molar-refractivity contribution is 0.112. The average molecular weight is 275 g/mol. The minimum absolute atomic E-state index is 0.216. The highest BCUT2D eigenvalue weighted by Crippen LogP contribution is 2.31. The number of benzene rings is 2. The fourth-order valence-corrected chi connectivity index (χ4v) is 2.17. The fourth-order valence-electron chi connectivity index (χ4n) is 1.95. The normalized spacial score (nSPS) is 10.8. The Morgan fingerprint density at radius 2 is 2.00 bits per heavy atom. The van der Waals surface area contributed by atoms with E-state index < -0.39 is 5.82 Å². The van der Waals surface area contributed by atoms with Crippen LogP contribution in [-0.4, -0.2) is 6.29 Å². The Morgan fingerprint density at radius 3 is 2.68 bits per heavy atom. The van der Waals surface area contributed by atoms with Gasteiger partial charge in [-0.3, -0.25) is 4.79 Å². The van der Waals surface area contributed by atoms with Gasteiger partial charge in [-0.1, -0.05) is 29.8 Å². The van der Waals surface area contributed by atoms with E-state index in [-0.39, 0.29) is 5.58 Å². The van der Waals surface area contributed by atoms with Crippen molar-refractivity contribution in [1.82, 2.24) is 0 Å². The quantitative estimate of drug-likeness (QED) is 0.634. The van der Waals surface area contributed by atoms with Crippen LogP contribution in [0, 0.1) is 5.82 Å². The molecular formula is C15H8ClFO2. The molecule has 19 heavy (non-hydrogen) atoms. The molecular weight excluding hydrogens is 267 g/mol. The number of hydrogen-bond donors (Lipinski definition) is 0. The first kappa shape index (κ1) is 11.9. The number of rotatable bonds is 2. The van der Waals surface area contributed by atoms with Crippen molar-refractivity contribution in [2.75, 3.05) is 0 Å². The van der Waals surface area contributed by atoms with Gasteiger partial charge in [0.2, 0.25) is 0 Å². The van der Waals surface area contributed by atoms with Crippen LogP contribution in [0.5, 0.6) is 0 Å². The van der Waals surface area contributed by atoms with Crippen LogP contribution in [0.3, 0.4) is 0 Å². The number of aldehydes is 1. The molecule has 0 amide bonds. The number of carbonyl (C=O) groups excluding carboxylic acids is 1. The molecule has 0 unspecified atom stereocenters. The van der Waals surface area contributed by atoms with Crippen molar-refractivity contribution in [3.8, 4) is 11.3 Å². The summed E-state index contributed by atoms with van der Waals surface area (Å²) in [5, 5.41) is 1.03. The summed E-state index contributed by atoms with van der Waals surface area (Å²) in [6, 6.07) is 11.4. The summed E-state index contributed by atoms with van der Waals surface area (Å²) in [5.41, 5.74) is 1.33. The summed E-state index contributed by atoms with van der Waals surface area (Å²) in [5.74, 6) is 0.110. The number of para-hydroxylation sites is 1. The number of halogens is 2. The zero-order chi connectivity index (χ0) is 13.4. The molecule has 3 aromatic rings. The van der Waals surface area contributed by atoms with Crippen molar-refractivity contribution in [2.24, 2.45) is 0 Å². The summed E-state index contributed by atoms with van der Waals surface area (Å²) in [4.78, 5) is 10.7. The molecule has 0 aliphatic heterocycles. The standard InChI is InChI=1S/C15H8ClFO2/c16-12-6-9(4-5-11(12)8-18)14-7-10-2-1-3-13(17)15(10)19-14/h1-8H. The van der Waals surface area contributed by atoms with E-state index in [1.165, 1.54) is 6.07 Å². The van der Waals surface area contributed by atoms with Crippen LogP contribution in [0.4, 0.5) is 4.39 Å². The van der Waals surface area contributed by atoms with E-state index in [4.69, 9.17) is 16.0 Å². The predicted octanol–water partition coefficient (Wildman–Crippen LogP) is 4.70. The van der Waals surface area contributed by atoms with Crippen LogP contribution in [-0.2, 0) is 0 Å². The SMILES string of the molecule is O=Cc1ccc(-c2cc3cccc(F)c3o2)cc1Cl. The van der Waals surface area contributed by atoms with Gasteiger partial charge < -0.3 is 4.42 Å². The second-order valence-corrected chi connectivity index (χ2v) is 4.53.